The fourth-order valence-corrected chi connectivity index (χ4v) is 3.02. The average Bonchev–Trinajstić information content (AvgIpc) is 2.38. The number of nitrogens with two attached hydrogens (primary N) is 1. The van der Waals surface area contributed by atoms with Gasteiger partial charge in [0.15, 0.2) is 0 Å². The third-order valence-electron chi connectivity index (χ3n) is 3.22. The van der Waals surface area contributed by atoms with Gasteiger partial charge in [-0.1, -0.05) is 29.8 Å². The zero-order valence-corrected chi connectivity index (χ0v) is 13.9. The van der Waals surface area contributed by atoms with Gasteiger partial charge in [0.2, 0.25) is 0 Å². The number of rotatable bonds is 4. The third kappa shape index (κ3) is 3.75. The standard InChI is InChI=1S/C16H18BrClN2/c1-11(19)13-6-7-16(15(17)9-13)20(2)10-12-4-3-5-14(18)8-12/h3-9,11H,10,19H2,1-2H3/t11-/m1/s1. The van der Waals surface area contributed by atoms with E-state index in [1.54, 1.807) is 0 Å². The molecule has 2 N–H and O–H groups in total. The van der Waals surface area contributed by atoms with Gasteiger partial charge in [0.1, 0.15) is 0 Å². The largest absolute Gasteiger partial charge is 0.369 e. The van der Waals surface area contributed by atoms with Crippen LogP contribution in [0.3, 0.4) is 0 Å². The van der Waals surface area contributed by atoms with Crippen LogP contribution >= 0.6 is 27.5 Å². The van der Waals surface area contributed by atoms with E-state index in [4.69, 9.17) is 17.3 Å². The zero-order chi connectivity index (χ0) is 14.7. The van der Waals surface area contributed by atoms with Crippen molar-refractivity contribution in [2.45, 2.75) is 19.5 Å². The minimum Gasteiger partial charge on any atom is -0.369 e. The second kappa shape index (κ2) is 6.61. The van der Waals surface area contributed by atoms with Crippen LogP contribution in [0.4, 0.5) is 5.69 Å². The Morgan fingerprint density at radius 3 is 2.60 bits per heavy atom. The Labute approximate surface area is 133 Å². The molecule has 2 aromatic rings. The molecule has 0 radical (unpaired) electrons. The summed E-state index contributed by atoms with van der Waals surface area (Å²) in [6, 6.07) is 14.2. The highest BCUT2D eigenvalue weighted by molar-refractivity contribution is 9.10. The van der Waals surface area contributed by atoms with E-state index in [9.17, 15) is 0 Å². The fourth-order valence-electron chi connectivity index (χ4n) is 2.11. The number of benzene rings is 2. The van der Waals surface area contributed by atoms with Crippen LogP contribution in [-0.2, 0) is 6.54 Å². The Hall–Kier alpha value is -1.03. The number of hydrogen-bond donors (Lipinski definition) is 1. The highest BCUT2D eigenvalue weighted by Gasteiger charge is 2.09. The molecule has 0 bridgehead atoms. The van der Waals surface area contributed by atoms with E-state index in [-0.39, 0.29) is 6.04 Å². The molecule has 1 atom stereocenters. The molecular formula is C16H18BrClN2. The molecule has 2 rings (SSSR count). The van der Waals surface area contributed by atoms with Crippen molar-refractivity contribution < 1.29 is 0 Å². The summed E-state index contributed by atoms with van der Waals surface area (Å²) in [5, 5.41) is 0.766. The SMILES string of the molecule is C[C@@H](N)c1ccc(N(C)Cc2cccc(Cl)c2)c(Br)c1. The lowest BCUT2D eigenvalue weighted by molar-refractivity contribution is 0.816. The van der Waals surface area contributed by atoms with E-state index < -0.39 is 0 Å². The maximum Gasteiger partial charge on any atom is 0.0511 e. The molecule has 0 spiro atoms. The minimum atomic E-state index is 0.0404. The van der Waals surface area contributed by atoms with Crippen molar-refractivity contribution in [1.82, 2.24) is 0 Å². The first-order chi connectivity index (χ1) is 9.47. The van der Waals surface area contributed by atoms with Gasteiger partial charge in [-0.3, -0.25) is 0 Å². The molecule has 0 saturated carbocycles. The molecular weight excluding hydrogens is 336 g/mol. The van der Waals surface area contributed by atoms with Crippen molar-refractivity contribution in [3.05, 3.63) is 63.1 Å². The summed E-state index contributed by atoms with van der Waals surface area (Å²) < 4.78 is 1.05. The van der Waals surface area contributed by atoms with Gasteiger partial charge < -0.3 is 10.6 Å². The molecule has 0 unspecified atom stereocenters. The highest BCUT2D eigenvalue weighted by Crippen LogP contribution is 2.29. The van der Waals surface area contributed by atoms with Crippen LogP contribution in [0.5, 0.6) is 0 Å². The Morgan fingerprint density at radius 1 is 1.25 bits per heavy atom. The van der Waals surface area contributed by atoms with Gasteiger partial charge in [-0.2, -0.15) is 0 Å². The quantitative estimate of drug-likeness (QED) is 0.858. The maximum atomic E-state index is 6.02. The number of hydrogen-bond acceptors (Lipinski definition) is 2. The normalized spacial score (nSPS) is 12.2. The smallest absolute Gasteiger partial charge is 0.0511 e. The first-order valence-electron chi connectivity index (χ1n) is 6.48. The van der Waals surface area contributed by atoms with E-state index in [0.717, 1.165) is 27.3 Å². The van der Waals surface area contributed by atoms with Crippen LogP contribution in [-0.4, -0.2) is 7.05 Å². The average molecular weight is 354 g/mol. The van der Waals surface area contributed by atoms with Crippen LogP contribution in [0.15, 0.2) is 46.9 Å². The molecule has 4 heteroatoms. The molecule has 2 nitrogen and oxygen atoms in total. The maximum absolute atomic E-state index is 6.02. The molecule has 0 aliphatic heterocycles. The lowest BCUT2D eigenvalue weighted by atomic mass is 10.1. The van der Waals surface area contributed by atoms with Gasteiger partial charge in [0.25, 0.3) is 0 Å². The van der Waals surface area contributed by atoms with Gasteiger partial charge in [-0.05, 0) is 58.2 Å². The number of anilines is 1. The highest BCUT2D eigenvalue weighted by atomic mass is 79.9. The number of nitrogens with zero attached hydrogens (tertiary/aromatic N) is 1. The molecule has 0 amide bonds. The van der Waals surface area contributed by atoms with Crippen molar-refractivity contribution in [3.8, 4) is 0 Å². The molecule has 0 heterocycles. The Kier molecular flexibility index (Phi) is 5.08. The third-order valence-corrected chi connectivity index (χ3v) is 4.09. The van der Waals surface area contributed by atoms with E-state index in [2.05, 4.69) is 52.1 Å². The van der Waals surface area contributed by atoms with E-state index in [0.29, 0.717) is 0 Å². The lowest BCUT2D eigenvalue weighted by Gasteiger charge is -2.22. The van der Waals surface area contributed by atoms with Crippen LogP contribution in [0.1, 0.15) is 24.1 Å². The van der Waals surface area contributed by atoms with Gasteiger partial charge >= 0.3 is 0 Å². The van der Waals surface area contributed by atoms with Crippen LogP contribution in [0.25, 0.3) is 0 Å². The minimum absolute atomic E-state index is 0.0404. The zero-order valence-electron chi connectivity index (χ0n) is 11.6. The molecule has 20 heavy (non-hydrogen) atoms. The molecule has 0 aliphatic rings. The molecule has 0 aromatic heterocycles. The van der Waals surface area contributed by atoms with Crippen LogP contribution in [0, 0.1) is 0 Å². The Morgan fingerprint density at radius 2 is 2.00 bits per heavy atom. The van der Waals surface area contributed by atoms with Crippen molar-refractivity contribution in [3.63, 3.8) is 0 Å². The monoisotopic (exact) mass is 352 g/mol. The molecule has 0 aliphatic carbocycles. The second-order valence-corrected chi connectivity index (χ2v) is 6.28. The van der Waals surface area contributed by atoms with E-state index in [1.807, 2.05) is 25.1 Å². The fraction of sp³-hybridized carbons (Fsp3) is 0.250. The Bertz CT molecular complexity index is 599. The summed E-state index contributed by atoms with van der Waals surface area (Å²) >= 11 is 9.64. The van der Waals surface area contributed by atoms with Crippen LogP contribution < -0.4 is 10.6 Å². The lowest BCUT2D eigenvalue weighted by Crippen LogP contribution is -2.17. The predicted molar refractivity (Wildman–Crippen MR) is 90.3 cm³/mol. The summed E-state index contributed by atoms with van der Waals surface area (Å²) in [4.78, 5) is 2.18. The van der Waals surface area contributed by atoms with Gasteiger partial charge in [0, 0.05) is 29.1 Å². The van der Waals surface area contributed by atoms with Crippen LogP contribution in [0.2, 0.25) is 5.02 Å². The summed E-state index contributed by atoms with van der Waals surface area (Å²) in [5.74, 6) is 0. The number of halogens is 2. The van der Waals surface area contributed by atoms with E-state index in [1.165, 1.54) is 5.56 Å². The van der Waals surface area contributed by atoms with Crippen molar-refractivity contribution in [2.24, 2.45) is 5.73 Å². The van der Waals surface area contributed by atoms with Crippen molar-refractivity contribution >= 4 is 33.2 Å². The molecule has 106 valence electrons. The summed E-state index contributed by atoms with van der Waals surface area (Å²) in [5.41, 5.74) is 9.34. The first-order valence-corrected chi connectivity index (χ1v) is 7.65. The van der Waals surface area contributed by atoms with Gasteiger partial charge in [-0.15, -0.1) is 0 Å². The topological polar surface area (TPSA) is 29.3 Å². The van der Waals surface area contributed by atoms with Gasteiger partial charge in [-0.25, -0.2) is 0 Å². The van der Waals surface area contributed by atoms with E-state index >= 15 is 0 Å². The molecule has 2 aromatic carbocycles. The van der Waals surface area contributed by atoms with Gasteiger partial charge in [0.05, 0.1) is 5.69 Å². The Balaban J connectivity index is 2.19. The summed E-state index contributed by atoms with van der Waals surface area (Å²) in [6.45, 7) is 2.79. The first kappa shape index (κ1) is 15.4. The van der Waals surface area contributed by atoms with Crippen molar-refractivity contribution in [2.75, 3.05) is 11.9 Å². The summed E-state index contributed by atoms with van der Waals surface area (Å²) in [6.07, 6.45) is 0. The van der Waals surface area contributed by atoms with Crippen molar-refractivity contribution in [1.29, 1.82) is 0 Å². The second-order valence-electron chi connectivity index (χ2n) is 4.99. The molecule has 0 saturated heterocycles. The summed E-state index contributed by atoms with van der Waals surface area (Å²) in [7, 11) is 2.06. The predicted octanol–water partition coefficient (Wildman–Crippen LogP) is 4.76. The molecule has 0 fully saturated rings.